The van der Waals surface area contributed by atoms with Gasteiger partial charge in [-0.15, -0.1) is 0 Å². The number of fused-ring (bicyclic) bond motifs is 1. The smallest absolute Gasteiger partial charge is 0.410 e. The van der Waals surface area contributed by atoms with Crippen molar-refractivity contribution in [1.82, 2.24) is 9.80 Å². The zero-order valence-corrected chi connectivity index (χ0v) is 21.5. The van der Waals surface area contributed by atoms with E-state index in [1.165, 1.54) is 4.90 Å². The van der Waals surface area contributed by atoms with E-state index in [1.54, 1.807) is 33.1 Å². The fraction of sp³-hybridized carbons (Fsp3) is 0.500. The first kappa shape index (κ1) is 26.9. The molecule has 2 aliphatic rings. The van der Waals surface area contributed by atoms with Crippen molar-refractivity contribution in [2.75, 3.05) is 33.3 Å². The zero-order chi connectivity index (χ0) is 26.6. The number of benzene rings is 2. The van der Waals surface area contributed by atoms with Gasteiger partial charge in [0.2, 0.25) is 0 Å². The fourth-order valence-corrected chi connectivity index (χ4v) is 5.09. The van der Waals surface area contributed by atoms with Crippen LogP contribution in [0.3, 0.4) is 0 Å². The summed E-state index contributed by atoms with van der Waals surface area (Å²) < 4.78 is 46.0. The van der Waals surface area contributed by atoms with Crippen LogP contribution in [0.4, 0.5) is 13.6 Å². The molecule has 2 fully saturated rings. The summed E-state index contributed by atoms with van der Waals surface area (Å²) in [6, 6.07) is 15.8. The molecule has 2 unspecified atom stereocenters. The third kappa shape index (κ3) is 6.39. The topological polar surface area (TPSA) is 68.3 Å². The Morgan fingerprint density at radius 1 is 1.00 bits per heavy atom. The van der Waals surface area contributed by atoms with Gasteiger partial charge in [0, 0.05) is 25.7 Å². The maximum atomic E-state index is 15.0. The van der Waals surface area contributed by atoms with Gasteiger partial charge in [-0.3, -0.25) is 9.69 Å². The van der Waals surface area contributed by atoms with Crippen LogP contribution in [-0.4, -0.2) is 67.1 Å². The van der Waals surface area contributed by atoms with Gasteiger partial charge in [0.05, 0.1) is 25.0 Å². The van der Waals surface area contributed by atoms with Crippen LogP contribution in [0.2, 0.25) is 0 Å². The van der Waals surface area contributed by atoms with Crippen molar-refractivity contribution in [2.45, 2.75) is 45.4 Å². The summed E-state index contributed by atoms with van der Waals surface area (Å²) in [4.78, 5) is 28.6. The summed E-state index contributed by atoms with van der Waals surface area (Å²) in [5.74, 6) is -3.73. The summed E-state index contributed by atoms with van der Waals surface area (Å²) in [6.07, 6.45) is -0.329. The van der Waals surface area contributed by atoms with Gasteiger partial charge in [0.1, 0.15) is 19.0 Å². The minimum Gasteiger partial charge on any atom is -0.497 e. The molecule has 2 aliphatic heterocycles. The average molecular weight is 517 g/mol. The molecule has 37 heavy (non-hydrogen) atoms. The van der Waals surface area contributed by atoms with Crippen molar-refractivity contribution in [3.63, 3.8) is 0 Å². The van der Waals surface area contributed by atoms with Crippen LogP contribution in [0.25, 0.3) is 0 Å². The van der Waals surface area contributed by atoms with Gasteiger partial charge in [-0.25, -0.2) is 13.6 Å². The second kappa shape index (κ2) is 11.0. The minimum atomic E-state index is -3.03. The monoisotopic (exact) mass is 516 g/mol. The number of amides is 1. The predicted octanol–water partition coefficient (Wildman–Crippen LogP) is 4.74. The molecule has 7 nitrogen and oxygen atoms in total. The number of halogens is 2. The largest absolute Gasteiger partial charge is 0.497 e. The Kier molecular flexibility index (Phi) is 8.02. The molecule has 2 heterocycles. The van der Waals surface area contributed by atoms with Crippen molar-refractivity contribution in [3.05, 3.63) is 65.7 Å². The fourth-order valence-electron chi connectivity index (χ4n) is 5.09. The van der Waals surface area contributed by atoms with Gasteiger partial charge < -0.3 is 19.1 Å². The molecule has 0 saturated carbocycles. The second-order valence-electron chi connectivity index (χ2n) is 10.4. The van der Waals surface area contributed by atoms with E-state index in [-0.39, 0.29) is 26.3 Å². The quantitative estimate of drug-likeness (QED) is 0.472. The van der Waals surface area contributed by atoms with Crippen LogP contribution in [0, 0.1) is 11.3 Å². The van der Waals surface area contributed by atoms with E-state index in [0.29, 0.717) is 18.7 Å². The van der Waals surface area contributed by atoms with E-state index < -0.39 is 41.9 Å². The number of likely N-dealkylation sites (tertiary alicyclic amines) is 2. The molecule has 2 aromatic carbocycles. The summed E-state index contributed by atoms with van der Waals surface area (Å²) in [7, 11) is 1.58. The highest BCUT2D eigenvalue weighted by molar-refractivity contribution is 5.76. The Morgan fingerprint density at radius 3 is 2.32 bits per heavy atom. The maximum absolute atomic E-state index is 15.0. The third-order valence-electron chi connectivity index (χ3n) is 7.12. The third-order valence-corrected chi connectivity index (χ3v) is 7.12. The summed E-state index contributed by atoms with van der Waals surface area (Å²) in [6.45, 7) is 3.89. The number of carbonyl (C=O) groups excluding carboxylic acids is 2. The highest BCUT2D eigenvalue weighted by Crippen LogP contribution is 2.43. The zero-order valence-electron chi connectivity index (χ0n) is 21.5. The number of piperidine rings is 1. The van der Waals surface area contributed by atoms with Crippen LogP contribution in [0.5, 0.6) is 5.75 Å². The SMILES string of the molecule is COc1ccc(COC(=O)C(C)(C)CN2CCC3C(C2)C(F)(F)CN3C(=O)OCc2ccccc2)cc1. The highest BCUT2D eigenvalue weighted by Gasteiger charge is 2.58. The molecule has 9 heteroatoms. The first-order chi connectivity index (χ1) is 17.6. The second-order valence-corrected chi connectivity index (χ2v) is 10.4. The Morgan fingerprint density at radius 2 is 1.65 bits per heavy atom. The van der Waals surface area contributed by atoms with E-state index in [1.807, 2.05) is 47.4 Å². The number of alkyl halides is 2. The maximum Gasteiger partial charge on any atom is 0.410 e. The van der Waals surface area contributed by atoms with E-state index in [4.69, 9.17) is 14.2 Å². The minimum absolute atomic E-state index is 0.0398. The van der Waals surface area contributed by atoms with E-state index in [0.717, 1.165) is 11.1 Å². The van der Waals surface area contributed by atoms with Gasteiger partial charge in [-0.05, 0) is 43.5 Å². The van der Waals surface area contributed by atoms with Gasteiger partial charge in [-0.2, -0.15) is 0 Å². The van der Waals surface area contributed by atoms with Gasteiger partial charge in [0.25, 0.3) is 5.92 Å². The summed E-state index contributed by atoms with van der Waals surface area (Å²) in [5.41, 5.74) is 0.742. The van der Waals surface area contributed by atoms with Gasteiger partial charge in [0.15, 0.2) is 0 Å². The molecule has 4 rings (SSSR count). The Hall–Kier alpha value is -3.20. The number of hydrogen-bond donors (Lipinski definition) is 0. The molecule has 0 bridgehead atoms. The van der Waals surface area contributed by atoms with Crippen molar-refractivity contribution in [2.24, 2.45) is 11.3 Å². The number of carbonyl (C=O) groups is 2. The van der Waals surface area contributed by atoms with E-state index in [9.17, 15) is 9.59 Å². The number of nitrogens with zero attached hydrogens (tertiary/aromatic N) is 2. The lowest BCUT2D eigenvalue weighted by Gasteiger charge is -2.40. The molecule has 0 N–H and O–H groups in total. The number of hydrogen-bond acceptors (Lipinski definition) is 6. The predicted molar refractivity (Wildman–Crippen MR) is 133 cm³/mol. The highest BCUT2D eigenvalue weighted by atomic mass is 19.3. The van der Waals surface area contributed by atoms with Gasteiger partial charge in [-0.1, -0.05) is 42.5 Å². The number of rotatable bonds is 8. The number of ether oxygens (including phenoxy) is 3. The molecule has 2 aromatic rings. The van der Waals surface area contributed by atoms with Crippen molar-refractivity contribution >= 4 is 12.1 Å². The van der Waals surface area contributed by atoms with Crippen LogP contribution < -0.4 is 4.74 Å². The van der Waals surface area contributed by atoms with Crippen LogP contribution in [0.1, 0.15) is 31.4 Å². The molecular weight excluding hydrogens is 482 g/mol. The Bertz CT molecular complexity index is 1080. The van der Waals surface area contributed by atoms with Crippen molar-refractivity contribution in [3.8, 4) is 5.75 Å². The van der Waals surface area contributed by atoms with E-state index >= 15 is 8.78 Å². The lowest BCUT2D eigenvalue weighted by molar-refractivity contribution is -0.157. The van der Waals surface area contributed by atoms with Crippen LogP contribution in [0.15, 0.2) is 54.6 Å². The Balaban J connectivity index is 1.31. The number of esters is 1. The molecule has 0 radical (unpaired) electrons. The molecule has 200 valence electrons. The van der Waals surface area contributed by atoms with Crippen LogP contribution in [-0.2, 0) is 27.5 Å². The molecule has 0 spiro atoms. The van der Waals surface area contributed by atoms with E-state index in [2.05, 4.69) is 0 Å². The molecule has 1 amide bonds. The molecule has 2 atom stereocenters. The normalized spacial score (nSPS) is 21.3. The number of methoxy groups -OCH3 is 1. The van der Waals surface area contributed by atoms with Gasteiger partial charge >= 0.3 is 12.1 Å². The first-order valence-corrected chi connectivity index (χ1v) is 12.5. The first-order valence-electron chi connectivity index (χ1n) is 12.5. The summed E-state index contributed by atoms with van der Waals surface area (Å²) >= 11 is 0. The molecule has 2 saturated heterocycles. The lowest BCUT2D eigenvalue weighted by Crippen LogP contribution is -2.52. The van der Waals surface area contributed by atoms with Crippen LogP contribution >= 0.6 is 0 Å². The van der Waals surface area contributed by atoms with Crippen molar-refractivity contribution < 1.29 is 32.6 Å². The molecule has 0 aliphatic carbocycles. The standard InChI is InChI=1S/C28H34F2N2O5/c1-27(2,25(33)36-16-21-9-11-22(35-3)12-10-21)18-31-14-13-24-23(15-31)28(29,30)19-32(24)26(34)37-17-20-7-5-4-6-8-20/h4-12,23-24H,13-19H2,1-3H3. The average Bonchev–Trinajstić information content (AvgIpc) is 3.16. The molecule has 0 aromatic heterocycles. The lowest BCUT2D eigenvalue weighted by atomic mass is 9.87. The van der Waals surface area contributed by atoms with Crippen molar-refractivity contribution in [1.29, 1.82) is 0 Å². The summed E-state index contributed by atoms with van der Waals surface area (Å²) in [5, 5.41) is 0. The Labute approximate surface area is 216 Å². The molecular formula is C28H34F2N2O5.